The van der Waals surface area contributed by atoms with Gasteiger partial charge in [-0.2, -0.15) is 0 Å². The maximum absolute atomic E-state index is 5.73. The average Bonchev–Trinajstić information content (AvgIpc) is 2.72. The highest BCUT2D eigenvalue weighted by Crippen LogP contribution is 2.33. The predicted octanol–water partition coefficient (Wildman–Crippen LogP) is 5.29. The molecular formula is C21H22BrN3O2S. The lowest BCUT2D eigenvalue weighted by Gasteiger charge is -2.26. The van der Waals surface area contributed by atoms with Crippen LogP contribution in [0.25, 0.3) is 10.8 Å². The Morgan fingerprint density at radius 2 is 2.11 bits per heavy atom. The molecular weight excluding hydrogens is 438 g/mol. The number of fused-ring (bicyclic) bond motifs is 1. The van der Waals surface area contributed by atoms with Gasteiger partial charge in [-0.1, -0.05) is 42.1 Å². The van der Waals surface area contributed by atoms with Gasteiger partial charge in [0.15, 0.2) is 11.9 Å². The minimum absolute atomic E-state index is 0.202. The third-order valence-electron chi connectivity index (χ3n) is 4.16. The number of anilines is 1. The molecule has 0 amide bonds. The molecule has 0 aliphatic heterocycles. The van der Waals surface area contributed by atoms with Crippen LogP contribution in [-0.4, -0.2) is 36.7 Å². The van der Waals surface area contributed by atoms with Crippen molar-refractivity contribution in [3.05, 3.63) is 65.4 Å². The maximum atomic E-state index is 5.73. The van der Waals surface area contributed by atoms with Crippen molar-refractivity contribution in [2.24, 2.45) is 0 Å². The number of rotatable bonds is 9. The van der Waals surface area contributed by atoms with Gasteiger partial charge in [0.1, 0.15) is 5.75 Å². The van der Waals surface area contributed by atoms with Gasteiger partial charge < -0.3 is 14.4 Å². The molecule has 0 saturated heterocycles. The Bertz CT molecular complexity index is 968. The minimum atomic E-state index is 0.202. The number of methoxy groups -OCH3 is 1. The lowest BCUT2D eigenvalue weighted by molar-refractivity contribution is 0.0512. The summed E-state index contributed by atoms with van der Waals surface area (Å²) in [7, 11) is 1.61. The molecule has 1 aromatic heterocycles. The van der Waals surface area contributed by atoms with Crippen LogP contribution in [0, 0.1) is 0 Å². The second-order valence-corrected chi connectivity index (χ2v) is 7.66. The van der Waals surface area contributed by atoms with E-state index in [0.29, 0.717) is 13.1 Å². The first-order chi connectivity index (χ1) is 13.7. The predicted molar refractivity (Wildman–Crippen MR) is 119 cm³/mol. The van der Waals surface area contributed by atoms with Gasteiger partial charge in [-0.15, -0.1) is 6.58 Å². The number of ether oxygens (including phenoxy) is 2. The monoisotopic (exact) mass is 459 g/mol. The van der Waals surface area contributed by atoms with E-state index in [1.54, 1.807) is 13.3 Å². The molecule has 1 heterocycles. The fourth-order valence-electron chi connectivity index (χ4n) is 2.91. The van der Waals surface area contributed by atoms with Crippen LogP contribution < -0.4 is 9.64 Å². The lowest BCUT2D eigenvalue weighted by Crippen LogP contribution is -2.24. The van der Waals surface area contributed by atoms with Crippen molar-refractivity contribution in [2.75, 3.05) is 31.6 Å². The van der Waals surface area contributed by atoms with Crippen molar-refractivity contribution in [2.45, 2.75) is 11.7 Å². The topological polar surface area (TPSA) is 47.5 Å². The third-order valence-corrected chi connectivity index (χ3v) is 5.39. The first kappa shape index (κ1) is 20.6. The standard InChI is InChI=1S/C21H22BrN3O2S/c1-4-9-25(13-19-18(22)12-23-21(24-19)28-3)20-11-16(27-14-26-2)10-15-7-5-6-8-17(15)20/h4-8,10-12H,1,9,13-14H2,2-3H3. The highest BCUT2D eigenvalue weighted by molar-refractivity contribution is 9.10. The maximum Gasteiger partial charge on any atom is 0.188 e. The van der Waals surface area contributed by atoms with E-state index in [2.05, 4.69) is 49.5 Å². The first-order valence-electron chi connectivity index (χ1n) is 8.72. The quantitative estimate of drug-likeness (QED) is 0.187. The summed E-state index contributed by atoms with van der Waals surface area (Å²) in [6.07, 6.45) is 5.66. The van der Waals surface area contributed by atoms with Crippen LogP contribution in [-0.2, 0) is 11.3 Å². The number of benzene rings is 2. The molecule has 28 heavy (non-hydrogen) atoms. The van der Waals surface area contributed by atoms with Crippen LogP contribution in [0.15, 0.2) is 64.9 Å². The van der Waals surface area contributed by atoms with E-state index in [-0.39, 0.29) is 6.79 Å². The molecule has 146 valence electrons. The van der Waals surface area contributed by atoms with Gasteiger partial charge in [0.2, 0.25) is 0 Å². The summed E-state index contributed by atoms with van der Waals surface area (Å²) < 4.78 is 11.7. The molecule has 0 aliphatic rings. The second kappa shape index (κ2) is 9.91. The van der Waals surface area contributed by atoms with E-state index in [0.717, 1.165) is 37.5 Å². The summed E-state index contributed by atoms with van der Waals surface area (Å²) in [4.78, 5) is 11.2. The highest BCUT2D eigenvalue weighted by Gasteiger charge is 2.15. The van der Waals surface area contributed by atoms with Gasteiger partial charge in [-0.25, -0.2) is 9.97 Å². The zero-order chi connectivity index (χ0) is 19.9. The van der Waals surface area contributed by atoms with E-state index in [4.69, 9.17) is 9.47 Å². The van der Waals surface area contributed by atoms with E-state index >= 15 is 0 Å². The number of aromatic nitrogens is 2. The summed E-state index contributed by atoms with van der Waals surface area (Å²) in [6.45, 7) is 5.42. The van der Waals surface area contributed by atoms with Crippen LogP contribution in [0.5, 0.6) is 5.75 Å². The second-order valence-electron chi connectivity index (χ2n) is 6.03. The molecule has 0 unspecified atom stereocenters. The summed E-state index contributed by atoms with van der Waals surface area (Å²) in [5.41, 5.74) is 1.98. The average molecular weight is 460 g/mol. The number of thioether (sulfide) groups is 1. The molecule has 0 fully saturated rings. The van der Waals surface area contributed by atoms with Gasteiger partial charge in [0.25, 0.3) is 0 Å². The van der Waals surface area contributed by atoms with Crippen molar-refractivity contribution in [3.63, 3.8) is 0 Å². The van der Waals surface area contributed by atoms with Crippen molar-refractivity contribution >= 4 is 44.2 Å². The van der Waals surface area contributed by atoms with Gasteiger partial charge in [-0.3, -0.25) is 0 Å². The van der Waals surface area contributed by atoms with E-state index < -0.39 is 0 Å². The van der Waals surface area contributed by atoms with Crippen LogP contribution in [0.2, 0.25) is 0 Å². The Morgan fingerprint density at radius 1 is 1.29 bits per heavy atom. The van der Waals surface area contributed by atoms with Gasteiger partial charge in [0, 0.05) is 37.0 Å². The van der Waals surface area contributed by atoms with Gasteiger partial charge >= 0.3 is 0 Å². The number of nitrogens with zero attached hydrogens (tertiary/aromatic N) is 3. The molecule has 0 aliphatic carbocycles. The van der Waals surface area contributed by atoms with Gasteiger partial charge in [0.05, 0.1) is 16.7 Å². The molecule has 0 radical (unpaired) electrons. The molecule has 0 atom stereocenters. The molecule has 0 bridgehead atoms. The summed E-state index contributed by atoms with van der Waals surface area (Å²) in [5.74, 6) is 0.760. The normalized spacial score (nSPS) is 10.8. The summed E-state index contributed by atoms with van der Waals surface area (Å²) >= 11 is 5.11. The van der Waals surface area contributed by atoms with Crippen LogP contribution in [0.4, 0.5) is 5.69 Å². The molecule has 0 N–H and O–H groups in total. The molecule has 3 rings (SSSR count). The molecule has 2 aromatic carbocycles. The highest BCUT2D eigenvalue weighted by atomic mass is 79.9. The van der Waals surface area contributed by atoms with E-state index in [1.807, 2.05) is 36.6 Å². The van der Waals surface area contributed by atoms with Gasteiger partial charge in [-0.05, 0) is 33.6 Å². The minimum Gasteiger partial charge on any atom is -0.467 e. The smallest absolute Gasteiger partial charge is 0.188 e. The Hall–Kier alpha value is -2.09. The van der Waals surface area contributed by atoms with Crippen LogP contribution >= 0.6 is 27.7 Å². The zero-order valence-electron chi connectivity index (χ0n) is 15.9. The SMILES string of the molecule is C=CCN(Cc1nc(SC)ncc1Br)c1cc(OCOC)cc2ccccc12. The van der Waals surface area contributed by atoms with E-state index in [9.17, 15) is 0 Å². The van der Waals surface area contributed by atoms with Crippen molar-refractivity contribution in [1.29, 1.82) is 0 Å². The van der Waals surface area contributed by atoms with Crippen molar-refractivity contribution < 1.29 is 9.47 Å². The third kappa shape index (κ3) is 4.84. The molecule has 0 saturated carbocycles. The van der Waals surface area contributed by atoms with Crippen LogP contribution in [0.1, 0.15) is 5.69 Å². The van der Waals surface area contributed by atoms with Crippen molar-refractivity contribution in [3.8, 4) is 5.75 Å². The fraction of sp³-hybridized carbons (Fsp3) is 0.238. The number of hydrogen-bond acceptors (Lipinski definition) is 6. The lowest BCUT2D eigenvalue weighted by atomic mass is 10.1. The molecule has 5 nitrogen and oxygen atoms in total. The van der Waals surface area contributed by atoms with E-state index in [1.165, 1.54) is 11.8 Å². The Labute approximate surface area is 177 Å². The number of halogens is 1. The fourth-order valence-corrected chi connectivity index (χ4v) is 3.59. The Morgan fingerprint density at radius 3 is 2.86 bits per heavy atom. The molecule has 0 spiro atoms. The summed E-state index contributed by atoms with van der Waals surface area (Å²) in [6, 6.07) is 12.3. The molecule has 3 aromatic rings. The largest absolute Gasteiger partial charge is 0.467 e. The Balaban J connectivity index is 2.06. The zero-order valence-corrected chi connectivity index (χ0v) is 18.3. The first-order valence-corrected chi connectivity index (χ1v) is 10.7. The molecule has 7 heteroatoms. The Kier molecular flexibility index (Phi) is 7.30. The number of hydrogen-bond donors (Lipinski definition) is 0. The summed E-state index contributed by atoms with van der Waals surface area (Å²) in [5, 5.41) is 3.00. The van der Waals surface area contributed by atoms with Crippen molar-refractivity contribution in [1.82, 2.24) is 9.97 Å². The van der Waals surface area contributed by atoms with Crippen LogP contribution in [0.3, 0.4) is 0 Å².